The highest BCUT2D eigenvalue weighted by molar-refractivity contribution is 5.89. The van der Waals surface area contributed by atoms with Gasteiger partial charge in [0.1, 0.15) is 0 Å². The Kier molecular flexibility index (Phi) is 3.74. The third kappa shape index (κ3) is 2.73. The highest BCUT2D eigenvalue weighted by atomic mass is 19.3. The van der Waals surface area contributed by atoms with E-state index in [1.165, 1.54) is 31.4 Å². The first-order chi connectivity index (χ1) is 7.06. The Morgan fingerprint density at radius 2 is 2.13 bits per heavy atom. The Morgan fingerprint density at radius 3 is 2.67 bits per heavy atom. The number of methoxy groups -OCH3 is 1. The quantitative estimate of drug-likeness (QED) is 0.781. The molecule has 5 heteroatoms. The van der Waals surface area contributed by atoms with Crippen LogP contribution in [0.1, 0.15) is 22.0 Å². The van der Waals surface area contributed by atoms with Crippen LogP contribution < -0.4 is 5.73 Å². The van der Waals surface area contributed by atoms with Gasteiger partial charge in [-0.3, -0.25) is 0 Å². The first-order valence-electron chi connectivity index (χ1n) is 4.28. The SMILES string of the molecule is COC(=O)c1cccc([C@@H](N)C(F)F)c1. The lowest BCUT2D eigenvalue weighted by molar-refractivity contribution is 0.0600. The summed E-state index contributed by atoms with van der Waals surface area (Å²) in [5, 5.41) is 0. The Labute approximate surface area is 85.8 Å². The lowest BCUT2D eigenvalue weighted by atomic mass is 10.1. The molecule has 0 saturated carbocycles. The fraction of sp³-hybridized carbons (Fsp3) is 0.300. The third-order valence-corrected chi connectivity index (χ3v) is 1.96. The van der Waals surface area contributed by atoms with E-state index < -0.39 is 18.4 Å². The lowest BCUT2D eigenvalue weighted by Gasteiger charge is -2.11. The van der Waals surface area contributed by atoms with E-state index >= 15 is 0 Å². The summed E-state index contributed by atoms with van der Waals surface area (Å²) in [6.45, 7) is 0. The Bertz CT molecular complexity index is 355. The minimum Gasteiger partial charge on any atom is -0.465 e. The molecule has 0 unspecified atom stereocenters. The van der Waals surface area contributed by atoms with Crippen molar-refractivity contribution >= 4 is 5.97 Å². The standard InChI is InChI=1S/C10H11F2NO2/c1-15-10(14)7-4-2-3-6(5-7)8(13)9(11)12/h2-5,8-9H,13H2,1H3/t8-/m1/s1. The number of hydrogen-bond donors (Lipinski definition) is 1. The van der Waals surface area contributed by atoms with Crippen LogP contribution in [0.2, 0.25) is 0 Å². The predicted octanol–water partition coefficient (Wildman–Crippen LogP) is 1.74. The number of nitrogens with two attached hydrogens (primary N) is 1. The van der Waals surface area contributed by atoms with Gasteiger partial charge in [-0.05, 0) is 17.7 Å². The topological polar surface area (TPSA) is 52.3 Å². The van der Waals surface area contributed by atoms with E-state index in [0.29, 0.717) is 0 Å². The first kappa shape index (κ1) is 11.6. The molecule has 0 heterocycles. The van der Waals surface area contributed by atoms with Crippen molar-refractivity contribution in [3.05, 3.63) is 35.4 Å². The normalized spacial score (nSPS) is 12.6. The van der Waals surface area contributed by atoms with Gasteiger partial charge >= 0.3 is 5.97 Å². The van der Waals surface area contributed by atoms with Gasteiger partial charge in [-0.2, -0.15) is 0 Å². The zero-order valence-electron chi connectivity index (χ0n) is 8.11. The highest BCUT2D eigenvalue weighted by Gasteiger charge is 2.18. The van der Waals surface area contributed by atoms with Crippen LogP contribution >= 0.6 is 0 Å². The van der Waals surface area contributed by atoms with Crippen LogP contribution in [0.5, 0.6) is 0 Å². The average molecular weight is 215 g/mol. The van der Waals surface area contributed by atoms with Crippen LogP contribution in [0.4, 0.5) is 8.78 Å². The molecule has 2 N–H and O–H groups in total. The number of benzene rings is 1. The monoisotopic (exact) mass is 215 g/mol. The number of esters is 1. The third-order valence-electron chi connectivity index (χ3n) is 1.96. The van der Waals surface area contributed by atoms with Gasteiger partial charge in [0.05, 0.1) is 18.7 Å². The minimum atomic E-state index is -2.65. The van der Waals surface area contributed by atoms with Crippen LogP contribution in [0, 0.1) is 0 Å². The summed E-state index contributed by atoms with van der Waals surface area (Å²) in [5.41, 5.74) is 5.68. The Hall–Kier alpha value is -1.49. The smallest absolute Gasteiger partial charge is 0.337 e. The molecule has 1 rings (SSSR count). The molecule has 0 aliphatic rings. The maximum Gasteiger partial charge on any atom is 0.337 e. The van der Waals surface area contributed by atoms with Crippen molar-refractivity contribution in [3.8, 4) is 0 Å². The minimum absolute atomic E-state index is 0.214. The zero-order valence-corrected chi connectivity index (χ0v) is 8.11. The van der Waals surface area contributed by atoms with Crippen LogP contribution in [-0.4, -0.2) is 19.5 Å². The van der Waals surface area contributed by atoms with Crippen molar-refractivity contribution < 1.29 is 18.3 Å². The van der Waals surface area contributed by atoms with E-state index in [4.69, 9.17) is 5.73 Å². The zero-order chi connectivity index (χ0) is 11.4. The summed E-state index contributed by atoms with van der Waals surface area (Å²) in [7, 11) is 1.22. The molecule has 0 amide bonds. The van der Waals surface area contributed by atoms with E-state index in [1.54, 1.807) is 0 Å². The largest absolute Gasteiger partial charge is 0.465 e. The molecule has 0 radical (unpaired) electrons. The number of carbonyl (C=O) groups excluding carboxylic acids is 1. The predicted molar refractivity (Wildman–Crippen MR) is 50.7 cm³/mol. The van der Waals surface area contributed by atoms with Crippen molar-refractivity contribution in [2.45, 2.75) is 12.5 Å². The molecule has 1 aromatic rings. The number of rotatable bonds is 3. The molecule has 1 aromatic carbocycles. The summed E-state index contributed by atoms with van der Waals surface area (Å²) >= 11 is 0. The second-order valence-corrected chi connectivity index (χ2v) is 2.98. The van der Waals surface area contributed by atoms with Crippen molar-refractivity contribution in [2.24, 2.45) is 5.73 Å². The van der Waals surface area contributed by atoms with Gasteiger partial charge in [-0.15, -0.1) is 0 Å². The second kappa shape index (κ2) is 4.84. The van der Waals surface area contributed by atoms with E-state index in [1.807, 2.05) is 0 Å². The molecule has 0 spiro atoms. The summed E-state index contributed by atoms with van der Waals surface area (Å²) in [4.78, 5) is 11.1. The van der Waals surface area contributed by atoms with Crippen LogP contribution in [0.15, 0.2) is 24.3 Å². The van der Waals surface area contributed by atoms with Crippen molar-refractivity contribution in [3.63, 3.8) is 0 Å². The van der Waals surface area contributed by atoms with E-state index in [0.717, 1.165) is 0 Å². The molecule has 0 saturated heterocycles. The molecule has 0 fully saturated rings. The van der Waals surface area contributed by atoms with Gasteiger partial charge in [0.15, 0.2) is 0 Å². The van der Waals surface area contributed by atoms with E-state index in [2.05, 4.69) is 4.74 Å². The van der Waals surface area contributed by atoms with Crippen molar-refractivity contribution in [1.82, 2.24) is 0 Å². The highest BCUT2D eigenvalue weighted by Crippen LogP contribution is 2.19. The fourth-order valence-corrected chi connectivity index (χ4v) is 1.14. The summed E-state index contributed by atoms with van der Waals surface area (Å²) < 4.78 is 29.0. The number of alkyl halides is 2. The molecule has 0 bridgehead atoms. The second-order valence-electron chi connectivity index (χ2n) is 2.98. The summed E-state index contributed by atoms with van der Waals surface area (Å²) in [6, 6.07) is 4.35. The lowest BCUT2D eigenvalue weighted by Crippen LogP contribution is -2.19. The molecule has 3 nitrogen and oxygen atoms in total. The summed E-state index contributed by atoms with van der Waals surface area (Å²) in [5.74, 6) is -0.571. The Balaban J connectivity index is 2.97. The molecular weight excluding hydrogens is 204 g/mol. The number of hydrogen-bond acceptors (Lipinski definition) is 3. The fourth-order valence-electron chi connectivity index (χ4n) is 1.14. The Morgan fingerprint density at radius 1 is 1.47 bits per heavy atom. The average Bonchev–Trinajstić information content (AvgIpc) is 2.27. The van der Waals surface area contributed by atoms with Gasteiger partial charge in [0, 0.05) is 0 Å². The first-order valence-corrected chi connectivity index (χ1v) is 4.28. The molecule has 0 aliphatic heterocycles. The molecule has 1 atom stereocenters. The molecule has 0 aromatic heterocycles. The number of carbonyl (C=O) groups is 1. The van der Waals surface area contributed by atoms with E-state index in [-0.39, 0.29) is 11.1 Å². The van der Waals surface area contributed by atoms with Crippen LogP contribution in [0.25, 0.3) is 0 Å². The van der Waals surface area contributed by atoms with Crippen molar-refractivity contribution in [1.29, 1.82) is 0 Å². The molecule has 82 valence electrons. The van der Waals surface area contributed by atoms with Gasteiger partial charge < -0.3 is 10.5 Å². The maximum absolute atomic E-state index is 12.3. The summed E-state index contributed by atoms with van der Waals surface area (Å²) in [6.07, 6.45) is -2.65. The van der Waals surface area contributed by atoms with Gasteiger partial charge in [-0.25, -0.2) is 13.6 Å². The molecule has 0 aliphatic carbocycles. The number of halogens is 2. The maximum atomic E-state index is 12.3. The molecule has 15 heavy (non-hydrogen) atoms. The van der Waals surface area contributed by atoms with E-state index in [9.17, 15) is 13.6 Å². The van der Waals surface area contributed by atoms with Crippen molar-refractivity contribution in [2.75, 3.05) is 7.11 Å². The number of ether oxygens (including phenoxy) is 1. The van der Waals surface area contributed by atoms with Gasteiger partial charge in [-0.1, -0.05) is 12.1 Å². The van der Waals surface area contributed by atoms with Crippen LogP contribution in [0.3, 0.4) is 0 Å². The molecular formula is C10H11F2NO2. The van der Waals surface area contributed by atoms with Gasteiger partial charge in [0.25, 0.3) is 6.43 Å². The van der Waals surface area contributed by atoms with Crippen LogP contribution in [-0.2, 0) is 4.74 Å². The van der Waals surface area contributed by atoms with Gasteiger partial charge in [0.2, 0.25) is 0 Å².